The van der Waals surface area contributed by atoms with Crippen molar-refractivity contribution in [3.8, 4) is 11.3 Å². The van der Waals surface area contributed by atoms with Gasteiger partial charge in [0.05, 0.1) is 11.9 Å². The molecule has 2 rings (SSSR count). The van der Waals surface area contributed by atoms with Crippen molar-refractivity contribution in [2.24, 2.45) is 0 Å². The topological polar surface area (TPSA) is 66.0 Å². The lowest BCUT2D eigenvalue weighted by atomic mass is 10.1. The minimum atomic E-state index is -0.879. The minimum Gasteiger partial charge on any atom is -0.481 e. The molecule has 0 fully saturated rings. The van der Waals surface area contributed by atoms with Crippen molar-refractivity contribution in [3.05, 3.63) is 41.9 Å². The van der Waals surface area contributed by atoms with E-state index in [1.165, 1.54) is 0 Å². The second-order valence-electron chi connectivity index (χ2n) is 4.11. The van der Waals surface area contributed by atoms with E-state index in [1.54, 1.807) is 13.1 Å². The average molecular weight is 230 g/mol. The van der Waals surface area contributed by atoms with E-state index in [9.17, 15) is 4.79 Å². The van der Waals surface area contributed by atoms with Crippen molar-refractivity contribution in [3.63, 3.8) is 0 Å². The van der Waals surface area contributed by atoms with Gasteiger partial charge in [-0.15, -0.1) is 0 Å². The summed E-state index contributed by atoms with van der Waals surface area (Å²) in [4.78, 5) is 18.0. The maximum absolute atomic E-state index is 10.8. The predicted octanol–water partition coefficient (Wildman–Crippen LogP) is 2.57. The van der Waals surface area contributed by atoms with Gasteiger partial charge >= 0.3 is 5.97 Å². The van der Waals surface area contributed by atoms with Gasteiger partial charge < -0.3 is 10.1 Å². The van der Waals surface area contributed by atoms with Gasteiger partial charge in [0.1, 0.15) is 11.7 Å². The Morgan fingerprint density at radius 1 is 1.47 bits per heavy atom. The van der Waals surface area contributed by atoms with Gasteiger partial charge in [-0.1, -0.05) is 23.8 Å². The molecule has 0 spiro atoms. The van der Waals surface area contributed by atoms with E-state index in [-0.39, 0.29) is 0 Å². The van der Waals surface area contributed by atoms with Crippen LogP contribution in [0, 0.1) is 6.92 Å². The molecule has 4 nitrogen and oxygen atoms in total. The Hall–Kier alpha value is -2.10. The first-order valence-corrected chi connectivity index (χ1v) is 5.42. The number of aromatic nitrogens is 2. The summed E-state index contributed by atoms with van der Waals surface area (Å²) in [6.45, 7) is 3.63. The summed E-state index contributed by atoms with van der Waals surface area (Å²) in [5.41, 5.74) is 3.02. The maximum atomic E-state index is 10.8. The zero-order valence-electron chi connectivity index (χ0n) is 9.77. The SMILES string of the molecule is Cc1cccc(-c2cnc(C(C)C(=O)O)[nH]2)c1. The molecular weight excluding hydrogens is 216 g/mol. The first-order valence-electron chi connectivity index (χ1n) is 5.42. The summed E-state index contributed by atoms with van der Waals surface area (Å²) in [7, 11) is 0. The van der Waals surface area contributed by atoms with E-state index >= 15 is 0 Å². The standard InChI is InChI=1S/C13H14N2O2/c1-8-4-3-5-10(6-8)11-7-14-12(15-11)9(2)13(16)17/h3-7,9H,1-2H3,(H,14,15)(H,16,17). The second kappa shape index (κ2) is 4.41. The second-order valence-corrected chi connectivity index (χ2v) is 4.11. The van der Waals surface area contributed by atoms with Crippen molar-refractivity contribution in [1.29, 1.82) is 0 Å². The number of benzene rings is 1. The van der Waals surface area contributed by atoms with E-state index in [1.807, 2.05) is 31.2 Å². The number of hydrogen-bond donors (Lipinski definition) is 2. The van der Waals surface area contributed by atoms with Gasteiger partial charge in [0.15, 0.2) is 0 Å². The fourth-order valence-corrected chi connectivity index (χ4v) is 1.63. The molecule has 0 aliphatic heterocycles. The third-order valence-corrected chi connectivity index (χ3v) is 2.71. The number of imidazole rings is 1. The largest absolute Gasteiger partial charge is 0.481 e. The number of aliphatic carboxylic acids is 1. The normalized spacial score (nSPS) is 12.4. The molecule has 1 atom stereocenters. The molecule has 0 radical (unpaired) electrons. The highest BCUT2D eigenvalue weighted by atomic mass is 16.4. The monoisotopic (exact) mass is 230 g/mol. The quantitative estimate of drug-likeness (QED) is 0.851. The Morgan fingerprint density at radius 2 is 2.24 bits per heavy atom. The third-order valence-electron chi connectivity index (χ3n) is 2.71. The Labute approximate surface area is 99.3 Å². The van der Waals surface area contributed by atoms with Crippen molar-refractivity contribution >= 4 is 5.97 Å². The number of carboxylic acid groups (broad SMARTS) is 1. The highest BCUT2D eigenvalue weighted by molar-refractivity contribution is 5.74. The van der Waals surface area contributed by atoms with Crippen molar-refractivity contribution < 1.29 is 9.90 Å². The van der Waals surface area contributed by atoms with Crippen LogP contribution in [0.1, 0.15) is 24.2 Å². The van der Waals surface area contributed by atoms with Crippen molar-refractivity contribution in [1.82, 2.24) is 9.97 Å². The molecule has 1 aromatic carbocycles. The van der Waals surface area contributed by atoms with Crippen LogP contribution in [0.4, 0.5) is 0 Å². The van der Waals surface area contributed by atoms with Gasteiger partial charge in [-0.3, -0.25) is 4.79 Å². The number of H-pyrrole nitrogens is 1. The number of nitrogens with one attached hydrogen (secondary N) is 1. The summed E-state index contributed by atoms with van der Waals surface area (Å²) >= 11 is 0. The van der Waals surface area contributed by atoms with Crippen LogP contribution in [-0.2, 0) is 4.79 Å². The van der Waals surface area contributed by atoms with Crippen LogP contribution >= 0.6 is 0 Å². The summed E-state index contributed by atoms with van der Waals surface area (Å²) in [5.74, 6) is -1.02. The van der Waals surface area contributed by atoms with E-state index in [2.05, 4.69) is 9.97 Å². The lowest BCUT2D eigenvalue weighted by Crippen LogP contribution is -2.08. The van der Waals surface area contributed by atoms with Crippen LogP contribution in [0.5, 0.6) is 0 Å². The zero-order chi connectivity index (χ0) is 12.4. The molecule has 0 aliphatic carbocycles. The highest BCUT2D eigenvalue weighted by Crippen LogP contribution is 2.20. The van der Waals surface area contributed by atoms with Crippen LogP contribution in [0.15, 0.2) is 30.5 Å². The van der Waals surface area contributed by atoms with Crippen molar-refractivity contribution in [2.45, 2.75) is 19.8 Å². The molecule has 17 heavy (non-hydrogen) atoms. The van der Waals surface area contributed by atoms with Crippen molar-refractivity contribution in [2.75, 3.05) is 0 Å². The molecule has 1 heterocycles. The van der Waals surface area contributed by atoms with E-state index in [0.717, 1.165) is 16.8 Å². The third kappa shape index (κ3) is 2.36. The first kappa shape index (κ1) is 11.4. The van der Waals surface area contributed by atoms with Gasteiger partial charge in [-0.05, 0) is 25.5 Å². The summed E-state index contributed by atoms with van der Waals surface area (Å²) in [6, 6.07) is 7.98. The average Bonchev–Trinajstić information content (AvgIpc) is 2.77. The number of rotatable bonds is 3. The first-order chi connectivity index (χ1) is 8.08. The number of aryl methyl sites for hydroxylation is 1. The smallest absolute Gasteiger partial charge is 0.313 e. The number of hydrogen-bond acceptors (Lipinski definition) is 2. The Kier molecular flexibility index (Phi) is 2.95. The molecule has 4 heteroatoms. The minimum absolute atomic E-state index is 0.481. The Morgan fingerprint density at radius 3 is 2.88 bits per heavy atom. The van der Waals surface area contributed by atoms with E-state index < -0.39 is 11.9 Å². The Balaban J connectivity index is 2.33. The molecule has 0 saturated carbocycles. The number of nitrogens with zero attached hydrogens (tertiary/aromatic N) is 1. The van der Waals surface area contributed by atoms with Crippen LogP contribution in [-0.4, -0.2) is 21.0 Å². The Bertz CT molecular complexity index is 546. The molecule has 0 aliphatic rings. The number of carbonyl (C=O) groups is 1. The summed E-state index contributed by atoms with van der Waals surface area (Å²) in [6.07, 6.45) is 1.67. The zero-order valence-corrected chi connectivity index (χ0v) is 9.77. The molecule has 1 aromatic heterocycles. The van der Waals surface area contributed by atoms with Gasteiger partial charge in [0, 0.05) is 0 Å². The fraction of sp³-hybridized carbons (Fsp3) is 0.231. The van der Waals surface area contributed by atoms with Crippen LogP contribution in [0.25, 0.3) is 11.3 Å². The van der Waals surface area contributed by atoms with Gasteiger partial charge in [-0.2, -0.15) is 0 Å². The molecule has 0 bridgehead atoms. The molecule has 2 N–H and O–H groups in total. The van der Waals surface area contributed by atoms with Gasteiger partial charge in [0.25, 0.3) is 0 Å². The van der Waals surface area contributed by atoms with Gasteiger partial charge in [-0.25, -0.2) is 4.98 Å². The lowest BCUT2D eigenvalue weighted by Gasteiger charge is -2.02. The molecule has 88 valence electrons. The highest BCUT2D eigenvalue weighted by Gasteiger charge is 2.17. The fourth-order valence-electron chi connectivity index (χ4n) is 1.63. The van der Waals surface area contributed by atoms with Crippen LogP contribution in [0.2, 0.25) is 0 Å². The number of carboxylic acids is 1. The molecule has 0 amide bonds. The maximum Gasteiger partial charge on any atom is 0.313 e. The molecular formula is C13H14N2O2. The van der Waals surface area contributed by atoms with E-state index in [0.29, 0.717) is 5.82 Å². The van der Waals surface area contributed by atoms with Crippen LogP contribution in [0.3, 0.4) is 0 Å². The summed E-state index contributed by atoms with van der Waals surface area (Å²) in [5, 5.41) is 8.90. The summed E-state index contributed by atoms with van der Waals surface area (Å²) < 4.78 is 0. The lowest BCUT2D eigenvalue weighted by molar-refractivity contribution is -0.138. The molecule has 1 unspecified atom stereocenters. The number of aromatic amines is 1. The molecule has 0 saturated heterocycles. The van der Waals surface area contributed by atoms with Gasteiger partial charge in [0.2, 0.25) is 0 Å². The van der Waals surface area contributed by atoms with E-state index in [4.69, 9.17) is 5.11 Å². The van der Waals surface area contributed by atoms with Crippen LogP contribution < -0.4 is 0 Å². The predicted molar refractivity (Wildman–Crippen MR) is 64.8 cm³/mol. The molecule has 2 aromatic rings.